The van der Waals surface area contributed by atoms with E-state index in [9.17, 15) is 9.59 Å². The second kappa shape index (κ2) is 6.00. The largest absolute Gasteiger partial charge is 0.467 e. The molecule has 0 spiro atoms. The number of aryl methyl sites for hydroxylation is 2. The minimum absolute atomic E-state index is 0.0344. The van der Waals surface area contributed by atoms with Gasteiger partial charge >= 0.3 is 0 Å². The zero-order valence-electron chi connectivity index (χ0n) is 13.2. The molecule has 0 saturated heterocycles. The van der Waals surface area contributed by atoms with Crippen LogP contribution in [0, 0.1) is 13.8 Å². The second-order valence-corrected chi connectivity index (χ2v) is 6.67. The summed E-state index contributed by atoms with van der Waals surface area (Å²) in [5, 5.41) is 0.608. The first-order chi connectivity index (χ1) is 11.0. The summed E-state index contributed by atoms with van der Waals surface area (Å²) >= 11 is 1.50. The Labute approximate surface area is 137 Å². The SMILES string of the molecule is Cc1sc2ncn(CC(=O)N(C)Cc3ccco3)c(=O)c2c1C. The van der Waals surface area contributed by atoms with Gasteiger partial charge in [-0.1, -0.05) is 0 Å². The Bertz CT molecular complexity index is 909. The summed E-state index contributed by atoms with van der Waals surface area (Å²) in [6.07, 6.45) is 3.01. The number of rotatable bonds is 4. The summed E-state index contributed by atoms with van der Waals surface area (Å²) in [4.78, 5) is 32.5. The molecule has 120 valence electrons. The van der Waals surface area contributed by atoms with Crippen LogP contribution in [0.4, 0.5) is 0 Å². The van der Waals surface area contributed by atoms with E-state index in [0.29, 0.717) is 17.7 Å². The number of carbonyl (C=O) groups is 1. The number of fused-ring (bicyclic) bond motifs is 1. The van der Waals surface area contributed by atoms with Gasteiger partial charge in [0, 0.05) is 11.9 Å². The topological polar surface area (TPSA) is 68.3 Å². The third-order valence-corrected chi connectivity index (χ3v) is 4.98. The molecule has 3 rings (SSSR count). The van der Waals surface area contributed by atoms with E-state index in [-0.39, 0.29) is 18.0 Å². The summed E-state index contributed by atoms with van der Waals surface area (Å²) in [5.74, 6) is 0.528. The van der Waals surface area contributed by atoms with E-state index in [4.69, 9.17) is 4.42 Å². The number of hydrogen-bond donors (Lipinski definition) is 0. The van der Waals surface area contributed by atoms with Crippen molar-refractivity contribution in [1.82, 2.24) is 14.5 Å². The number of thiophene rings is 1. The van der Waals surface area contributed by atoms with Crippen LogP contribution in [0.5, 0.6) is 0 Å². The Hall–Kier alpha value is -2.41. The van der Waals surface area contributed by atoms with Gasteiger partial charge in [-0.3, -0.25) is 14.2 Å². The first-order valence-corrected chi connectivity index (χ1v) is 8.00. The third kappa shape index (κ3) is 2.92. The van der Waals surface area contributed by atoms with Gasteiger partial charge in [-0.05, 0) is 31.5 Å². The lowest BCUT2D eigenvalue weighted by Crippen LogP contribution is -2.33. The summed E-state index contributed by atoms with van der Waals surface area (Å²) in [5.41, 5.74) is 0.768. The molecular weight excluding hydrogens is 314 g/mol. The van der Waals surface area contributed by atoms with Crippen LogP contribution in [0.25, 0.3) is 10.2 Å². The van der Waals surface area contributed by atoms with Crippen molar-refractivity contribution < 1.29 is 9.21 Å². The van der Waals surface area contributed by atoms with Gasteiger partial charge in [0.1, 0.15) is 17.1 Å². The maximum Gasteiger partial charge on any atom is 0.262 e. The molecule has 0 atom stereocenters. The third-order valence-electron chi connectivity index (χ3n) is 3.86. The van der Waals surface area contributed by atoms with E-state index >= 15 is 0 Å². The number of hydrogen-bond acceptors (Lipinski definition) is 5. The molecule has 0 bridgehead atoms. The Kier molecular flexibility index (Phi) is 4.04. The molecule has 7 heteroatoms. The summed E-state index contributed by atoms with van der Waals surface area (Å²) in [6.45, 7) is 4.21. The fourth-order valence-corrected chi connectivity index (χ4v) is 3.36. The van der Waals surface area contributed by atoms with E-state index in [1.165, 1.54) is 27.1 Å². The van der Waals surface area contributed by atoms with Crippen LogP contribution in [0.3, 0.4) is 0 Å². The summed E-state index contributed by atoms with van der Waals surface area (Å²) < 4.78 is 6.59. The molecule has 0 aromatic carbocycles. The van der Waals surface area contributed by atoms with Crippen molar-refractivity contribution in [1.29, 1.82) is 0 Å². The van der Waals surface area contributed by atoms with Crippen LogP contribution in [0.1, 0.15) is 16.2 Å². The standard InChI is InChI=1S/C16H17N3O3S/c1-10-11(2)23-15-14(10)16(21)19(9-17-15)8-13(20)18(3)7-12-5-4-6-22-12/h4-6,9H,7-8H2,1-3H3. The lowest BCUT2D eigenvalue weighted by molar-refractivity contribution is -0.131. The normalized spacial score (nSPS) is 11.1. The van der Waals surface area contributed by atoms with Crippen molar-refractivity contribution in [3.8, 4) is 0 Å². The van der Waals surface area contributed by atoms with Crippen molar-refractivity contribution in [2.45, 2.75) is 26.9 Å². The fourth-order valence-electron chi connectivity index (χ4n) is 2.37. The molecule has 1 amide bonds. The highest BCUT2D eigenvalue weighted by atomic mass is 32.1. The minimum Gasteiger partial charge on any atom is -0.467 e. The smallest absolute Gasteiger partial charge is 0.262 e. The van der Waals surface area contributed by atoms with Crippen molar-refractivity contribution in [2.75, 3.05) is 7.05 Å². The number of carbonyl (C=O) groups excluding carboxylic acids is 1. The molecule has 0 N–H and O–H groups in total. The minimum atomic E-state index is -0.172. The second-order valence-electron chi connectivity index (χ2n) is 5.47. The lowest BCUT2D eigenvalue weighted by atomic mass is 10.2. The zero-order valence-corrected chi connectivity index (χ0v) is 14.0. The molecule has 0 saturated carbocycles. The average molecular weight is 331 g/mol. The molecule has 6 nitrogen and oxygen atoms in total. The van der Waals surface area contributed by atoms with Gasteiger partial charge in [0.15, 0.2) is 0 Å². The number of furan rings is 1. The predicted octanol–water partition coefficient (Wildman–Crippen LogP) is 2.33. The summed E-state index contributed by atoms with van der Waals surface area (Å²) in [7, 11) is 1.68. The molecule has 3 aromatic heterocycles. The highest BCUT2D eigenvalue weighted by molar-refractivity contribution is 7.18. The first kappa shape index (κ1) is 15.5. The molecule has 0 aliphatic carbocycles. The molecule has 0 aliphatic rings. The van der Waals surface area contributed by atoms with Crippen LogP contribution >= 0.6 is 11.3 Å². The highest BCUT2D eigenvalue weighted by Gasteiger charge is 2.16. The molecule has 0 aliphatic heterocycles. The van der Waals surface area contributed by atoms with Gasteiger partial charge in [-0.25, -0.2) is 4.98 Å². The molecule has 3 aromatic rings. The van der Waals surface area contributed by atoms with Gasteiger partial charge in [0.2, 0.25) is 5.91 Å². The highest BCUT2D eigenvalue weighted by Crippen LogP contribution is 2.25. The van der Waals surface area contributed by atoms with Crippen molar-refractivity contribution in [2.24, 2.45) is 0 Å². The van der Waals surface area contributed by atoms with E-state index in [2.05, 4.69) is 4.98 Å². The monoisotopic (exact) mass is 331 g/mol. The first-order valence-electron chi connectivity index (χ1n) is 7.19. The van der Waals surface area contributed by atoms with Crippen LogP contribution in [-0.2, 0) is 17.9 Å². The van der Waals surface area contributed by atoms with Crippen LogP contribution < -0.4 is 5.56 Å². The number of nitrogens with zero attached hydrogens (tertiary/aromatic N) is 3. The van der Waals surface area contributed by atoms with Gasteiger partial charge in [0.05, 0.1) is 24.5 Å². The molecule has 0 radical (unpaired) electrons. The van der Waals surface area contributed by atoms with Gasteiger partial charge < -0.3 is 9.32 Å². The zero-order chi connectivity index (χ0) is 16.6. The number of aromatic nitrogens is 2. The Morgan fingerprint density at radius 3 is 2.91 bits per heavy atom. The van der Waals surface area contributed by atoms with Crippen LogP contribution in [0.2, 0.25) is 0 Å². The molecule has 23 heavy (non-hydrogen) atoms. The lowest BCUT2D eigenvalue weighted by Gasteiger charge is -2.16. The van der Waals surface area contributed by atoms with Crippen LogP contribution in [-0.4, -0.2) is 27.4 Å². The van der Waals surface area contributed by atoms with Crippen molar-refractivity contribution >= 4 is 27.5 Å². The quantitative estimate of drug-likeness (QED) is 0.736. The van der Waals surface area contributed by atoms with E-state index in [1.807, 2.05) is 13.8 Å². The Morgan fingerprint density at radius 1 is 1.43 bits per heavy atom. The molecule has 0 fully saturated rings. The maximum atomic E-state index is 12.6. The van der Waals surface area contributed by atoms with Crippen molar-refractivity contribution in [3.63, 3.8) is 0 Å². The van der Waals surface area contributed by atoms with E-state index < -0.39 is 0 Å². The molecular formula is C16H17N3O3S. The average Bonchev–Trinajstić information content (AvgIpc) is 3.11. The Balaban J connectivity index is 1.83. The maximum absolute atomic E-state index is 12.6. The van der Waals surface area contributed by atoms with E-state index in [1.54, 1.807) is 25.4 Å². The van der Waals surface area contributed by atoms with Crippen LogP contribution in [0.15, 0.2) is 33.9 Å². The number of likely N-dealkylation sites (N-methyl/N-ethyl adjacent to an activating group) is 1. The Morgan fingerprint density at radius 2 is 2.22 bits per heavy atom. The molecule has 3 heterocycles. The predicted molar refractivity (Wildman–Crippen MR) is 88.5 cm³/mol. The van der Waals surface area contributed by atoms with Crippen molar-refractivity contribution in [3.05, 3.63) is 51.3 Å². The van der Waals surface area contributed by atoms with Gasteiger partial charge in [0.25, 0.3) is 5.56 Å². The molecule has 0 unspecified atom stereocenters. The van der Waals surface area contributed by atoms with E-state index in [0.717, 1.165) is 15.3 Å². The number of amides is 1. The van der Waals surface area contributed by atoms with Gasteiger partial charge in [-0.2, -0.15) is 0 Å². The van der Waals surface area contributed by atoms with Gasteiger partial charge in [-0.15, -0.1) is 11.3 Å². The fraction of sp³-hybridized carbons (Fsp3) is 0.312. The summed E-state index contributed by atoms with van der Waals surface area (Å²) in [6, 6.07) is 3.58.